The molecule has 0 aromatic heterocycles. The predicted molar refractivity (Wildman–Crippen MR) is 70.9 cm³/mol. The lowest BCUT2D eigenvalue weighted by Crippen LogP contribution is -1.94. The summed E-state index contributed by atoms with van der Waals surface area (Å²) in [5.74, 6) is 0.0189. The van der Waals surface area contributed by atoms with E-state index in [9.17, 15) is 4.79 Å². The highest BCUT2D eigenvalue weighted by Crippen LogP contribution is 2.24. The Hall–Kier alpha value is -0.380. The lowest BCUT2D eigenvalue weighted by molar-refractivity contribution is 0.104. The maximum absolute atomic E-state index is 11.7. The van der Waals surface area contributed by atoms with E-state index in [1.54, 1.807) is 53.9 Å². The zero-order chi connectivity index (χ0) is 11.3. The molecule has 0 bridgehead atoms. The topological polar surface area (TPSA) is 17.1 Å². The summed E-state index contributed by atoms with van der Waals surface area (Å²) in [5.41, 5.74) is 0.667. The molecule has 0 fully saturated rings. The number of ketones is 1. The maximum Gasteiger partial charge on any atom is 0.187 e. The van der Waals surface area contributed by atoms with E-state index in [4.69, 9.17) is 11.6 Å². The van der Waals surface area contributed by atoms with Gasteiger partial charge in [-0.3, -0.25) is 4.79 Å². The van der Waals surface area contributed by atoms with Crippen molar-refractivity contribution in [3.8, 4) is 0 Å². The molecule has 0 atom stereocenters. The van der Waals surface area contributed by atoms with Crippen molar-refractivity contribution in [1.82, 2.24) is 0 Å². The number of allylic oxidation sites excluding steroid dienone is 1. The first-order valence-electron chi connectivity index (χ1n) is 4.27. The van der Waals surface area contributed by atoms with Gasteiger partial charge in [-0.2, -0.15) is 0 Å². The third-order valence-electron chi connectivity index (χ3n) is 1.78. The summed E-state index contributed by atoms with van der Waals surface area (Å²) in [6, 6.07) is 6.92. The third kappa shape index (κ3) is 3.93. The molecule has 0 radical (unpaired) electrons. The fraction of sp³-hybridized carbons (Fsp3) is 0.182. The van der Waals surface area contributed by atoms with E-state index in [1.165, 1.54) is 0 Å². The van der Waals surface area contributed by atoms with Crippen LogP contribution in [0.3, 0.4) is 0 Å². The normalized spacial score (nSPS) is 9.80. The van der Waals surface area contributed by atoms with Crippen LogP contribution in [0.2, 0.25) is 5.02 Å². The number of carbonyl (C=O) groups excluding carboxylic acids is 1. The number of rotatable bonds is 4. The van der Waals surface area contributed by atoms with E-state index in [0.717, 1.165) is 4.24 Å². The molecule has 80 valence electrons. The number of carbonyl (C=O) groups is 1. The van der Waals surface area contributed by atoms with E-state index in [1.807, 2.05) is 12.5 Å². The Labute approximate surface area is 103 Å². The summed E-state index contributed by atoms with van der Waals surface area (Å²) >= 11 is 8.89. The minimum atomic E-state index is 0.0189. The van der Waals surface area contributed by atoms with Crippen molar-refractivity contribution in [2.75, 3.05) is 12.5 Å². The van der Waals surface area contributed by atoms with Crippen LogP contribution >= 0.6 is 35.1 Å². The second kappa shape index (κ2) is 6.26. The highest BCUT2D eigenvalue weighted by Gasteiger charge is 2.03. The molecule has 1 nitrogen and oxygen atoms in total. The zero-order valence-corrected chi connectivity index (χ0v) is 10.9. The lowest BCUT2D eigenvalue weighted by atomic mass is 10.1. The van der Waals surface area contributed by atoms with Crippen molar-refractivity contribution in [2.45, 2.75) is 0 Å². The van der Waals surface area contributed by atoms with Crippen molar-refractivity contribution in [1.29, 1.82) is 0 Å². The van der Waals surface area contributed by atoms with Gasteiger partial charge in [-0.05, 0) is 36.8 Å². The van der Waals surface area contributed by atoms with Crippen LogP contribution in [-0.4, -0.2) is 18.3 Å². The smallest absolute Gasteiger partial charge is 0.187 e. The van der Waals surface area contributed by atoms with Crippen molar-refractivity contribution in [2.24, 2.45) is 0 Å². The molecule has 15 heavy (non-hydrogen) atoms. The summed E-state index contributed by atoms with van der Waals surface area (Å²) in [6.07, 6.45) is 5.56. The molecule has 1 rings (SSSR count). The Bertz CT molecular complexity index is 365. The fourth-order valence-electron chi connectivity index (χ4n) is 1.01. The minimum Gasteiger partial charge on any atom is -0.289 e. The number of halogens is 1. The Morgan fingerprint density at radius 2 is 1.73 bits per heavy atom. The second-order valence-corrected chi connectivity index (χ2v) is 5.13. The minimum absolute atomic E-state index is 0.0189. The summed E-state index contributed by atoms with van der Waals surface area (Å²) < 4.78 is 1.01. The predicted octanol–water partition coefficient (Wildman–Crippen LogP) is 4.09. The summed E-state index contributed by atoms with van der Waals surface area (Å²) in [4.78, 5) is 11.7. The van der Waals surface area contributed by atoms with Crippen molar-refractivity contribution in [3.05, 3.63) is 45.2 Å². The lowest BCUT2D eigenvalue weighted by Gasteiger charge is -1.99. The Morgan fingerprint density at radius 3 is 2.20 bits per heavy atom. The molecule has 1 aromatic rings. The Balaban J connectivity index is 2.85. The monoisotopic (exact) mass is 258 g/mol. The molecule has 0 N–H and O–H groups in total. The van der Waals surface area contributed by atoms with Gasteiger partial charge >= 0.3 is 0 Å². The van der Waals surface area contributed by atoms with Gasteiger partial charge in [-0.15, -0.1) is 23.5 Å². The largest absolute Gasteiger partial charge is 0.289 e. The van der Waals surface area contributed by atoms with Gasteiger partial charge in [-0.25, -0.2) is 0 Å². The van der Waals surface area contributed by atoms with Gasteiger partial charge in [0.25, 0.3) is 0 Å². The molecule has 0 amide bonds. The summed E-state index contributed by atoms with van der Waals surface area (Å²) in [7, 11) is 0. The van der Waals surface area contributed by atoms with Gasteiger partial charge in [0.05, 0.1) is 0 Å². The molecular formula is C11H11ClOS2. The number of benzene rings is 1. The van der Waals surface area contributed by atoms with E-state index in [0.29, 0.717) is 10.6 Å². The molecule has 0 saturated heterocycles. The first kappa shape index (κ1) is 12.7. The first-order chi connectivity index (χ1) is 7.17. The summed E-state index contributed by atoms with van der Waals surface area (Å²) in [6.45, 7) is 0. The molecule has 0 spiro atoms. The average Bonchev–Trinajstić information content (AvgIpc) is 2.26. The SMILES string of the molecule is CSC(=CC(=O)c1ccc(Cl)cc1)SC. The molecule has 0 heterocycles. The number of hydrogen-bond donors (Lipinski definition) is 0. The molecule has 0 aliphatic carbocycles. The molecule has 0 saturated carbocycles. The van der Waals surface area contributed by atoms with Gasteiger partial charge in [0.15, 0.2) is 5.78 Å². The van der Waals surface area contributed by atoms with Crippen molar-refractivity contribution < 1.29 is 4.79 Å². The highest BCUT2D eigenvalue weighted by atomic mass is 35.5. The van der Waals surface area contributed by atoms with Gasteiger partial charge in [0.1, 0.15) is 0 Å². The van der Waals surface area contributed by atoms with Gasteiger partial charge < -0.3 is 0 Å². The van der Waals surface area contributed by atoms with Gasteiger partial charge in [0, 0.05) is 20.9 Å². The Morgan fingerprint density at radius 1 is 1.20 bits per heavy atom. The molecule has 0 aliphatic heterocycles. The molecule has 1 aromatic carbocycles. The van der Waals surface area contributed by atoms with Crippen LogP contribution in [0.1, 0.15) is 10.4 Å². The van der Waals surface area contributed by atoms with E-state index in [-0.39, 0.29) is 5.78 Å². The van der Waals surface area contributed by atoms with Crippen LogP contribution in [0.4, 0.5) is 0 Å². The Kier molecular flexibility index (Phi) is 5.29. The number of hydrogen-bond acceptors (Lipinski definition) is 3. The van der Waals surface area contributed by atoms with Crippen LogP contribution in [-0.2, 0) is 0 Å². The zero-order valence-electron chi connectivity index (χ0n) is 8.49. The van der Waals surface area contributed by atoms with Crippen LogP contribution < -0.4 is 0 Å². The highest BCUT2D eigenvalue weighted by molar-refractivity contribution is 8.21. The average molecular weight is 259 g/mol. The third-order valence-corrected chi connectivity index (χ3v) is 4.07. The van der Waals surface area contributed by atoms with E-state index in [2.05, 4.69) is 0 Å². The standard InChI is InChI=1S/C11H11ClOS2/c1-14-11(15-2)7-10(13)8-3-5-9(12)6-4-8/h3-7H,1-2H3. The quantitative estimate of drug-likeness (QED) is 0.598. The van der Waals surface area contributed by atoms with Crippen LogP contribution in [0.5, 0.6) is 0 Å². The van der Waals surface area contributed by atoms with Crippen molar-refractivity contribution >= 4 is 40.9 Å². The second-order valence-electron chi connectivity index (χ2n) is 2.74. The van der Waals surface area contributed by atoms with Crippen LogP contribution in [0.25, 0.3) is 0 Å². The molecule has 0 aliphatic rings. The molecule has 4 heteroatoms. The van der Waals surface area contributed by atoms with Crippen molar-refractivity contribution in [3.63, 3.8) is 0 Å². The van der Waals surface area contributed by atoms with Gasteiger partial charge in [0.2, 0.25) is 0 Å². The molecule has 0 unspecified atom stereocenters. The van der Waals surface area contributed by atoms with Crippen LogP contribution in [0, 0.1) is 0 Å². The first-order valence-corrected chi connectivity index (χ1v) is 7.09. The van der Waals surface area contributed by atoms with E-state index < -0.39 is 0 Å². The number of thioether (sulfide) groups is 2. The summed E-state index contributed by atoms with van der Waals surface area (Å²) in [5, 5.41) is 0.644. The molecular weight excluding hydrogens is 248 g/mol. The van der Waals surface area contributed by atoms with Crippen LogP contribution in [0.15, 0.2) is 34.6 Å². The maximum atomic E-state index is 11.7. The van der Waals surface area contributed by atoms with Gasteiger partial charge in [-0.1, -0.05) is 11.6 Å². The van der Waals surface area contributed by atoms with E-state index >= 15 is 0 Å². The fourth-order valence-corrected chi connectivity index (χ4v) is 2.25.